The van der Waals surface area contributed by atoms with Crippen LogP contribution in [-0.4, -0.2) is 19.6 Å². The first-order valence-electron chi connectivity index (χ1n) is 4.25. The van der Waals surface area contributed by atoms with Crippen molar-refractivity contribution in [3.8, 4) is 0 Å². The first-order chi connectivity index (χ1) is 6.67. The summed E-state index contributed by atoms with van der Waals surface area (Å²) in [5.41, 5.74) is 6.25. The van der Waals surface area contributed by atoms with E-state index >= 15 is 0 Å². The van der Waals surface area contributed by atoms with E-state index < -0.39 is 11.8 Å². The second kappa shape index (κ2) is 4.72. The van der Waals surface area contributed by atoms with Crippen LogP contribution in [0.15, 0.2) is 18.2 Å². The minimum absolute atomic E-state index is 0.218. The van der Waals surface area contributed by atoms with Gasteiger partial charge >= 0.3 is 5.97 Å². The number of carbonyl (C=O) groups excluding carboxylic acids is 1. The number of esters is 1. The monoisotopic (exact) mass is 197 g/mol. The predicted molar refractivity (Wildman–Crippen MR) is 50.5 cm³/mol. The van der Waals surface area contributed by atoms with Gasteiger partial charge in [0.1, 0.15) is 5.82 Å². The second-order valence-corrected chi connectivity index (χ2v) is 2.88. The third kappa shape index (κ3) is 2.53. The van der Waals surface area contributed by atoms with Crippen LogP contribution in [0.3, 0.4) is 0 Å². The van der Waals surface area contributed by atoms with Gasteiger partial charge in [0, 0.05) is 0 Å². The van der Waals surface area contributed by atoms with Crippen LogP contribution in [0.25, 0.3) is 0 Å². The largest absolute Gasteiger partial charge is 0.465 e. The number of nitrogens with two attached hydrogens (primary N) is 1. The molecule has 0 radical (unpaired) electrons. The molecule has 1 aromatic carbocycles. The molecule has 0 unspecified atom stereocenters. The summed E-state index contributed by atoms with van der Waals surface area (Å²) in [4.78, 5) is 11.1. The highest BCUT2D eigenvalue weighted by Gasteiger charge is 2.08. The lowest BCUT2D eigenvalue weighted by Gasteiger charge is -2.03. The maximum Gasteiger partial charge on any atom is 0.337 e. The molecule has 1 rings (SSSR count). The van der Waals surface area contributed by atoms with E-state index in [2.05, 4.69) is 4.74 Å². The van der Waals surface area contributed by atoms with Crippen LogP contribution in [0.2, 0.25) is 0 Å². The fourth-order valence-corrected chi connectivity index (χ4v) is 1.20. The van der Waals surface area contributed by atoms with Crippen LogP contribution in [0, 0.1) is 5.82 Å². The average molecular weight is 197 g/mol. The van der Waals surface area contributed by atoms with Gasteiger partial charge in [-0.15, -0.1) is 0 Å². The molecule has 1 aromatic rings. The van der Waals surface area contributed by atoms with E-state index in [4.69, 9.17) is 5.73 Å². The second-order valence-electron chi connectivity index (χ2n) is 2.88. The van der Waals surface area contributed by atoms with Gasteiger partial charge in [-0.3, -0.25) is 0 Å². The molecule has 0 heterocycles. The molecule has 0 atom stereocenters. The van der Waals surface area contributed by atoms with Gasteiger partial charge in [0.15, 0.2) is 0 Å². The number of hydrogen-bond acceptors (Lipinski definition) is 3. The Kier molecular flexibility index (Phi) is 3.59. The first-order valence-corrected chi connectivity index (χ1v) is 4.25. The van der Waals surface area contributed by atoms with Crippen LogP contribution in [0.4, 0.5) is 4.39 Å². The molecule has 0 aliphatic rings. The van der Waals surface area contributed by atoms with Gasteiger partial charge in [-0.2, -0.15) is 0 Å². The minimum atomic E-state index is -0.539. The lowest BCUT2D eigenvalue weighted by molar-refractivity contribution is 0.0600. The van der Waals surface area contributed by atoms with Gasteiger partial charge in [0.2, 0.25) is 0 Å². The Bertz CT molecular complexity index is 339. The molecule has 0 aromatic heterocycles. The number of halogens is 1. The Morgan fingerprint density at radius 2 is 2.21 bits per heavy atom. The highest BCUT2D eigenvalue weighted by molar-refractivity contribution is 5.89. The van der Waals surface area contributed by atoms with Crippen molar-refractivity contribution in [3.05, 3.63) is 35.1 Å². The Morgan fingerprint density at radius 1 is 1.50 bits per heavy atom. The zero-order chi connectivity index (χ0) is 10.6. The zero-order valence-electron chi connectivity index (χ0n) is 7.92. The Balaban J connectivity index is 3.00. The SMILES string of the molecule is COC(=O)c1cc(F)cc(CCN)c1. The predicted octanol–water partition coefficient (Wildman–Crippen LogP) is 1.11. The van der Waals surface area contributed by atoms with Crippen molar-refractivity contribution in [2.75, 3.05) is 13.7 Å². The molecule has 0 saturated carbocycles. The van der Waals surface area contributed by atoms with Gasteiger partial charge in [0.25, 0.3) is 0 Å². The van der Waals surface area contributed by atoms with Crippen LogP contribution in [0.1, 0.15) is 15.9 Å². The maximum absolute atomic E-state index is 13.0. The Hall–Kier alpha value is -1.42. The molecule has 0 amide bonds. The summed E-state index contributed by atoms with van der Waals surface area (Å²) in [7, 11) is 1.26. The van der Waals surface area contributed by atoms with E-state index in [0.717, 1.165) is 6.07 Å². The summed E-state index contributed by atoms with van der Waals surface area (Å²) in [5, 5.41) is 0. The molecule has 2 N–H and O–H groups in total. The van der Waals surface area contributed by atoms with E-state index in [1.165, 1.54) is 13.2 Å². The third-order valence-corrected chi connectivity index (χ3v) is 1.81. The number of rotatable bonds is 3. The topological polar surface area (TPSA) is 52.3 Å². The summed E-state index contributed by atoms with van der Waals surface area (Å²) >= 11 is 0. The molecule has 76 valence electrons. The number of hydrogen-bond donors (Lipinski definition) is 1. The maximum atomic E-state index is 13.0. The van der Waals surface area contributed by atoms with E-state index in [1.807, 2.05) is 0 Å². The summed E-state index contributed by atoms with van der Waals surface area (Å²) in [6, 6.07) is 4.09. The van der Waals surface area contributed by atoms with E-state index in [0.29, 0.717) is 18.5 Å². The van der Waals surface area contributed by atoms with Gasteiger partial charge in [-0.25, -0.2) is 9.18 Å². The Labute approximate surface area is 81.7 Å². The van der Waals surface area contributed by atoms with Crippen molar-refractivity contribution in [2.24, 2.45) is 5.73 Å². The highest BCUT2D eigenvalue weighted by Crippen LogP contribution is 2.10. The normalized spacial score (nSPS) is 9.93. The Morgan fingerprint density at radius 3 is 2.79 bits per heavy atom. The van der Waals surface area contributed by atoms with Crippen molar-refractivity contribution in [2.45, 2.75) is 6.42 Å². The van der Waals surface area contributed by atoms with Crippen molar-refractivity contribution >= 4 is 5.97 Å². The highest BCUT2D eigenvalue weighted by atomic mass is 19.1. The van der Waals surface area contributed by atoms with Crippen molar-refractivity contribution in [1.82, 2.24) is 0 Å². The number of benzene rings is 1. The summed E-state index contributed by atoms with van der Waals surface area (Å²) < 4.78 is 17.5. The summed E-state index contributed by atoms with van der Waals surface area (Å²) in [6.07, 6.45) is 0.543. The fraction of sp³-hybridized carbons (Fsp3) is 0.300. The molecule has 0 bridgehead atoms. The number of carbonyl (C=O) groups is 1. The van der Waals surface area contributed by atoms with Crippen LogP contribution in [0.5, 0.6) is 0 Å². The molecule has 0 fully saturated rings. The zero-order valence-corrected chi connectivity index (χ0v) is 7.92. The molecular formula is C10H12FNO2. The molecule has 3 nitrogen and oxygen atoms in total. The molecule has 0 spiro atoms. The molecule has 0 aliphatic heterocycles. The quantitative estimate of drug-likeness (QED) is 0.738. The minimum Gasteiger partial charge on any atom is -0.465 e. The van der Waals surface area contributed by atoms with E-state index in [9.17, 15) is 9.18 Å². The average Bonchev–Trinajstić information content (AvgIpc) is 2.16. The first kappa shape index (κ1) is 10.7. The molecule has 0 saturated heterocycles. The van der Waals surface area contributed by atoms with Gasteiger partial charge in [-0.05, 0) is 36.7 Å². The van der Waals surface area contributed by atoms with Gasteiger partial charge in [-0.1, -0.05) is 0 Å². The third-order valence-electron chi connectivity index (χ3n) is 1.81. The lowest BCUT2D eigenvalue weighted by atomic mass is 10.1. The van der Waals surface area contributed by atoms with Crippen molar-refractivity contribution in [3.63, 3.8) is 0 Å². The van der Waals surface area contributed by atoms with Crippen LogP contribution >= 0.6 is 0 Å². The van der Waals surface area contributed by atoms with Crippen molar-refractivity contribution in [1.29, 1.82) is 0 Å². The fourth-order valence-electron chi connectivity index (χ4n) is 1.20. The number of ether oxygens (including phenoxy) is 1. The van der Waals surface area contributed by atoms with Gasteiger partial charge in [0.05, 0.1) is 12.7 Å². The standard InChI is InChI=1S/C10H12FNO2/c1-14-10(13)8-4-7(2-3-12)5-9(11)6-8/h4-6H,2-3,12H2,1H3. The molecule has 14 heavy (non-hydrogen) atoms. The molecule has 4 heteroatoms. The van der Waals surface area contributed by atoms with E-state index in [-0.39, 0.29) is 5.56 Å². The number of methoxy groups -OCH3 is 1. The summed E-state index contributed by atoms with van der Waals surface area (Å²) in [5.74, 6) is -0.987. The van der Waals surface area contributed by atoms with Crippen molar-refractivity contribution < 1.29 is 13.9 Å². The smallest absolute Gasteiger partial charge is 0.337 e. The molecule has 0 aliphatic carbocycles. The molecular weight excluding hydrogens is 185 g/mol. The van der Waals surface area contributed by atoms with Gasteiger partial charge < -0.3 is 10.5 Å². The van der Waals surface area contributed by atoms with Crippen LogP contribution in [-0.2, 0) is 11.2 Å². The van der Waals surface area contributed by atoms with Crippen LogP contribution < -0.4 is 5.73 Å². The van der Waals surface area contributed by atoms with E-state index in [1.54, 1.807) is 6.07 Å². The summed E-state index contributed by atoms with van der Waals surface area (Å²) in [6.45, 7) is 0.421. The lowest BCUT2D eigenvalue weighted by Crippen LogP contribution is -2.06.